The van der Waals surface area contributed by atoms with Gasteiger partial charge in [0.15, 0.2) is 11.6 Å². The van der Waals surface area contributed by atoms with Crippen LogP contribution in [0.5, 0.6) is 5.75 Å². The number of nitrogens with one attached hydrogen (secondary N) is 1. The molecule has 0 radical (unpaired) electrons. The van der Waals surface area contributed by atoms with Crippen LogP contribution in [0, 0.1) is 5.82 Å². The molecule has 100 valence electrons. The summed E-state index contributed by atoms with van der Waals surface area (Å²) in [5.74, 6) is 0.0124. The molecular formula is C14H20FNOS. The van der Waals surface area contributed by atoms with Crippen molar-refractivity contribution in [3.8, 4) is 5.75 Å². The summed E-state index contributed by atoms with van der Waals surface area (Å²) in [6.45, 7) is 1.71. The molecule has 2 nitrogen and oxygen atoms in total. The molecule has 4 heteroatoms. The number of ether oxygens (including phenoxy) is 1. The Balaban J connectivity index is 1.85. The lowest BCUT2D eigenvalue weighted by Gasteiger charge is -2.40. The Bertz CT molecular complexity index is 401. The van der Waals surface area contributed by atoms with E-state index in [1.165, 1.54) is 26.4 Å². The van der Waals surface area contributed by atoms with Gasteiger partial charge in [-0.25, -0.2) is 4.39 Å². The smallest absolute Gasteiger partial charge is 0.165 e. The van der Waals surface area contributed by atoms with E-state index in [9.17, 15) is 4.39 Å². The molecule has 0 bridgehead atoms. The fraction of sp³-hybridized carbons (Fsp3) is 0.571. The molecule has 0 aliphatic heterocycles. The molecule has 0 aromatic heterocycles. The van der Waals surface area contributed by atoms with Gasteiger partial charge in [0.1, 0.15) is 0 Å². The van der Waals surface area contributed by atoms with Crippen molar-refractivity contribution >= 4 is 11.8 Å². The minimum atomic E-state index is -0.292. The van der Waals surface area contributed by atoms with E-state index in [1.807, 2.05) is 17.8 Å². The third-order valence-corrected chi connectivity index (χ3v) is 5.11. The molecule has 18 heavy (non-hydrogen) atoms. The summed E-state index contributed by atoms with van der Waals surface area (Å²) in [5, 5.41) is 3.43. The highest BCUT2D eigenvalue weighted by molar-refractivity contribution is 8.00. The topological polar surface area (TPSA) is 21.3 Å². The SMILES string of the molecule is COc1ccc(CNCC2(SC)CCC2)cc1F. The van der Waals surface area contributed by atoms with Gasteiger partial charge in [0.25, 0.3) is 0 Å². The summed E-state index contributed by atoms with van der Waals surface area (Å²) >= 11 is 1.95. The van der Waals surface area contributed by atoms with E-state index in [2.05, 4.69) is 11.6 Å². The summed E-state index contributed by atoms with van der Waals surface area (Å²) in [4.78, 5) is 0. The highest BCUT2D eigenvalue weighted by Gasteiger charge is 2.35. The number of rotatable bonds is 6. The fourth-order valence-corrected chi connectivity index (χ4v) is 3.22. The predicted molar refractivity (Wildman–Crippen MR) is 74.8 cm³/mol. The van der Waals surface area contributed by atoms with Crippen molar-refractivity contribution in [2.75, 3.05) is 19.9 Å². The van der Waals surface area contributed by atoms with Crippen LogP contribution in [-0.2, 0) is 6.54 Å². The van der Waals surface area contributed by atoms with E-state index in [4.69, 9.17) is 4.74 Å². The van der Waals surface area contributed by atoms with Crippen molar-refractivity contribution < 1.29 is 9.13 Å². The lowest BCUT2D eigenvalue weighted by molar-refractivity contribution is 0.345. The van der Waals surface area contributed by atoms with Crippen LogP contribution in [0.15, 0.2) is 18.2 Å². The molecule has 1 aliphatic carbocycles. The van der Waals surface area contributed by atoms with E-state index >= 15 is 0 Å². The standard InChI is InChI=1S/C14H20FNOS/c1-17-13-5-4-11(8-12(13)15)9-16-10-14(18-2)6-3-7-14/h4-5,8,16H,3,6-7,9-10H2,1-2H3. The molecule has 1 fully saturated rings. The molecule has 1 aromatic carbocycles. The van der Waals surface area contributed by atoms with Crippen molar-refractivity contribution in [1.29, 1.82) is 0 Å². The second kappa shape index (κ2) is 5.93. The highest BCUT2D eigenvalue weighted by Crippen LogP contribution is 2.42. The van der Waals surface area contributed by atoms with Crippen molar-refractivity contribution in [3.63, 3.8) is 0 Å². The molecule has 1 aromatic rings. The van der Waals surface area contributed by atoms with Gasteiger partial charge < -0.3 is 10.1 Å². The number of hydrogen-bond acceptors (Lipinski definition) is 3. The lowest BCUT2D eigenvalue weighted by Crippen LogP contribution is -2.43. The first-order valence-corrected chi connectivity index (χ1v) is 7.50. The van der Waals surface area contributed by atoms with Gasteiger partial charge in [-0.15, -0.1) is 0 Å². The maximum Gasteiger partial charge on any atom is 0.165 e. The first-order chi connectivity index (χ1) is 8.69. The van der Waals surface area contributed by atoms with Gasteiger partial charge in [0, 0.05) is 17.8 Å². The molecule has 0 spiro atoms. The third-order valence-electron chi connectivity index (χ3n) is 3.69. The molecule has 0 atom stereocenters. The first-order valence-electron chi connectivity index (χ1n) is 6.27. The Morgan fingerprint density at radius 3 is 2.72 bits per heavy atom. The number of hydrogen-bond donors (Lipinski definition) is 1. The second-order valence-corrected chi connectivity index (χ2v) is 6.09. The summed E-state index contributed by atoms with van der Waals surface area (Å²) in [6.07, 6.45) is 6.09. The maximum absolute atomic E-state index is 13.5. The fourth-order valence-electron chi connectivity index (χ4n) is 2.28. The monoisotopic (exact) mass is 269 g/mol. The zero-order valence-electron chi connectivity index (χ0n) is 11.0. The van der Waals surface area contributed by atoms with Gasteiger partial charge in [-0.2, -0.15) is 11.8 Å². The number of methoxy groups -OCH3 is 1. The second-order valence-electron chi connectivity index (χ2n) is 4.81. The average Bonchev–Trinajstić information content (AvgIpc) is 2.33. The molecular weight excluding hydrogens is 249 g/mol. The van der Waals surface area contributed by atoms with Gasteiger partial charge in [-0.3, -0.25) is 0 Å². The molecule has 1 N–H and O–H groups in total. The van der Waals surface area contributed by atoms with Gasteiger partial charge in [-0.05, 0) is 36.8 Å². The largest absolute Gasteiger partial charge is 0.494 e. The molecule has 0 unspecified atom stereocenters. The van der Waals surface area contributed by atoms with Crippen LogP contribution in [0.4, 0.5) is 4.39 Å². The summed E-state index contributed by atoms with van der Waals surface area (Å²) < 4.78 is 18.8. The molecule has 0 amide bonds. The maximum atomic E-state index is 13.5. The zero-order valence-corrected chi connectivity index (χ0v) is 11.8. The number of benzene rings is 1. The number of thioether (sulfide) groups is 1. The van der Waals surface area contributed by atoms with E-state index in [1.54, 1.807) is 12.1 Å². The third kappa shape index (κ3) is 2.98. The summed E-state index contributed by atoms with van der Waals surface area (Å²) in [7, 11) is 1.48. The number of halogens is 1. The predicted octanol–water partition coefficient (Wildman–Crippen LogP) is 3.21. The van der Waals surface area contributed by atoms with Crippen LogP contribution in [0.3, 0.4) is 0 Å². The Labute approximate surface area is 112 Å². The van der Waals surface area contributed by atoms with Crippen molar-refractivity contribution in [1.82, 2.24) is 5.32 Å². The van der Waals surface area contributed by atoms with Gasteiger partial charge in [0.05, 0.1) is 7.11 Å². The Kier molecular flexibility index (Phi) is 4.51. The van der Waals surface area contributed by atoms with Crippen LogP contribution in [-0.4, -0.2) is 24.7 Å². The molecule has 0 heterocycles. The van der Waals surface area contributed by atoms with Gasteiger partial charge >= 0.3 is 0 Å². The van der Waals surface area contributed by atoms with E-state index in [-0.39, 0.29) is 5.82 Å². The minimum Gasteiger partial charge on any atom is -0.494 e. The summed E-state index contributed by atoms with van der Waals surface area (Å²) in [6, 6.07) is 5.12. The average molecular weight is 269 g/mol. The van der Waals surface area contributed by atoms with Gasteiger partial charge in [0.2, 0.25) is 0 Å². The van der Waals surface area contributed by atoms with Crippen LogP contribution in [0.1, 0.15) is 24.8 Å². The molecule has 0 saturated heterocycles. The van der Waals surface area contributed by atoms with Crippen molar-refractivity contribution in [3.05, 3.63) is 29.6 Å². The Morgan fingerprint density at radius 1 is 1.44 bits per heavy atom. The van der Waals surface area contributed by atoms with E-state index in [0.29, 0.717) is 17.0 Å². The van der Waals surface area contributed by atoms with E-state index < -0.39 is 0 Å². The van der Waals surface area contributed by atoms with Gasteiger partial charge in [-0.1, -0.05) is 12.5 Å². The van der Waals surface area contributed by atoms with Crippen LogP contribution in [0.2, 0.25) is 0 Å². The Morgan fingerprint density at radius 2 is 2.22 bits per heavy atom. The Hall–Kier alpha value is -0.740. The zero-order chi connectivity index (χ0) is 13.0. The van der Waals surface area contributed by atoms with Crippen LogP contribution >= 0.6 is 11.8 Å². The lowest BCUT2D eigenvalue weighted by atomic mass is 9.84. The van der Waals surface area contributed by atoms with Crippen LogP contribution in [0.25, 0.3) is 0 Å². The quantitative estimate of drug-likeness (QED) is 0.857. The molecule has 1 saturated carbocycles. The summed E-state index contributed by atoms with van der Waals surface area (Å²) in [5.41, 5.74) is 0.962. The minimum absolute atomic E-state index is 0.292. The molecule has 1 aliphatic rings. The highest BCUT2D eigenvalue weighted by atomic mass is 32.2. The van der Waals surface area contributed by atoms with Crippen molar-refractivity contribution in [2.45, 2.75) is 30.6 Å². The van der Waals surface area contributed by atoms with Crippen LogP contribution < -0.4 is 10.1 Å². The van der Waals surface area contributed by atoms with Crippen molar-refractivity contribution in [2.24, 2.45) is 0 Å². The van der Waals surface area contributed by atoms with E-state index in [0.717, 1.165) is 12.1 Å². The molecule has 2 rings (SSSR count). The first kappa shape index (κ1) is 13.7. The normalized spacial score (nSPS) is 17.3.